The van der Waals surface area contributed by atoms with Crippen LogP contribution in [-0.2, 0) is 0 Å². The minimum atomic E-state index is -0.837. The first-order valence-electron chi connectivity index (χ1n) is 6.81. The maximum Gasteiger partial charge on any atom is 0.407 e. The predicted octanol–water partition coefficient (Wildman–Crippen LogP) is 1.12. The zero-order valence-corrected chi connectivity index (χ0v) is 11.2. The fourth-order valence-corrected chi connectivity index (χ4v) is 2.56. The summed E-state index contributed by atoms with van der Waals surface area (Å²) in [4.78, 5) is 14.5. The van der Waals surface area contributed by atoms with Crippen LogP contribution in [0.4, 0.5) is 4.79 Å². The van der Waals surface area contributed by atoms with Gasteiger partial charge in [-0.3, -0.25) is 4.90 Å². The van der Waals surface area contributed by atoms with Gasteiger partial charge in [0, 0.05) is 32.7 Å². The lowest BCUT2D eigenvalue weighted by Gasteiger charge is -2.36. The molecular weight excluding hydrogens is 260 g/mol. The molecule has 1 N–H and O–H groups in total. The minimum absolute atomic E-state index is 0.00118. The second kappa shape index (κ2) is 5.58. The van der Waals surface area contributed by atoms with E-state index in [0.29, 0.717) is 19.7 Å². The summed E-state index contributed by atoms with van der Waals surface area (Å²) in [6.07, 6.45) is -0.836. The average Bonchev–Trinajstić information content (AvgIpc) is 2.48. The molecule has 3 rings (SSSR count). The first-order chi connectivity index (χ1) is 9.72. The first kappa shape index (κ1) is 13.1. The largest absolute Gasteiger partial charge is 0.486 e. The van der Waals surface area contributed by atoms with Crippen molar-refractivity contribution in [1.82, 2.24) is 9.80 Å². The zero-order valence-electron chi connectivity index (χ0n) is 11.2. The second-order valence-corrected chi connectivity index (χ2v) is 5.07. The highest BCUT2D eigenvalue weighted by molar-refractivity contribution is 5.65. The molecule has 1 aromatic rings. The summed E-state index contributed by atoms with van der Waals surface area (Å²) < 4.78 is 11.6. The molecule has 1 atom stereocenters. The lowest BCUT2D eigenvalue weighted by atomic mass is 10.2. The van der Waals surface area contributed by atoms with Crippen molar-refractivity contribution in [3.63, 3.8) is 0 Å². The molecule has 2 heterocycles. The van der Waals surface area contributed by atoms with Gasteiger partial charge in [0.05, 0.1) is 0 Å². The van der Waals surface area contributed by atoms with Crippen LogP contribution in [0.15, 0.2) is 24.3 Å². The summed E-state index contributed by atoms with van der Waals surface area (Å²) >= 11 is 0. The molecule has 0 bridgehead atoms. The number of nitrogens with zero attached hydrogens (tertiary/aromatic N) is 2. The van der Waals surface area contributed by atoms with Gasteiger partial charge in [-0.2, -0.15) is 0 Å². The highest BCUT2D eigenvalue weighted by Crippen LogP contribution is 2.31. The summed E-state index contributed by atoms with van der Waals surface area (Å²) in [5.41, 5.74) is 0. The third-order valence-electron chi connectivity index (χ3n) is 3.67. The van der Waals surface area contributed by atoms with E-state index in [1.54, 1.807) is 0 Å². The van der Waals surface area contributed by atoms with Gasteiger partial charge < -0.3 is 19.5 Å². The van der Waals surface area contributed by atoms with Crippen LogP contribution in [0, 0.1) is 0 Å². The van der Waals surface area contributed by atoms with E-state index in [-0.39, 0.29) is 6.10 Å². The number of para-hydroxylation sites is 2. The molecule has 2 aliphatic heterocycles. The lowest BCUT2D eigenvalue weighted by molar-refractivity contribution is 0.0408. The highest BCUT2D eigenvalue weighted by Gasteiger charge is 2.26. The number of ether oxygens (including phenoxy) is 2. The monoisotopic (exact) mass is 278 g/mol. The van der Waals surface area contributed by atoms with Gasteiger partial charge in [-0.1, -0.05) is 12.1 Å². The van der Waals surface area contributed by atoms with Gasteiger partial charge in [-0.15, -0.1) is 0 Å². The van der Waals surface area contributed by atoms with E-state index in [1.165, 1.54) is 4.90 Å². The van der Waals surface area contributed by atoms with E-state index in [1.807, 2.05) is 24.3 Å². The molecule has 1 aromatic carbocycles. The predicted molar refractivity (Wildman–Crippen MR) is 72.4 cm³/mol. The number of carbonyl (C=O) groups is 1. The van der Waals surface area contributed by atoms with Crippen LogP contribution in [0.2, 0.25) is 0 Å². The van der Waals surface area contributed by atoms with Crippen molar-refractivity contribution in [2.75, 3.05) is 39.3 Å². The van der Waals surface area contributed by atoms with Crippen molar-refractivity contribution in [2.45, 2.75) is 6.10 Å². The fraction of sp³-hybridized carbons (Fsp3) is 0.500. The number of rotatable bonds is 2. The highest BCUT2D eigenvalue weighted by atomic mass is 16.6. The summed E-state index contributed by atoms with van der Waals surface area (Å²) in [7, 11) is 0. The second-order valence-electron chi connectivity index (χ2n) is 5.07. The molecule has 0 spiro atoms. The summed E-state index contributed by atoms with van der Waals surface area (Å²) in [5.74, 6) is 1.58. The van der Waals surface area contributed by atoms with Gasteiger partial charge in [0.2, 0.25) is 0 Å². The molecule has 2 aliphatic rings. The quantitative estimate of drug-likeness (QED) is 0.878. The van der Waals surface area contributed by atoms with E-state index in [4.69, 9.17) is 14.6 Å². The first-order valence-corrected chi connectivity index (χ1v) is 6.81. The third-order valence-corrected chi connectivity index (χ3v) is 3.67. The van der Waals surface area contributed by atoms with Gasteiger partial charge in [0.25, 0.3) is 0 Å². The number of carboxylic acid groups (broad SMARTS) is 1. The number of fused-ring (bicyclic) bond motifs is 1. The number of benzene rings is 1. The summed E-state index contributed by atoms with van der Waals surface area (Å²) in [6.45, 7) is 3.90. The van der Waals surface area contributed by atoms with Crippen molar-refractivity contribution in [3.05, 3.63) is 24.3 Å². The Morgan fingerprint density at radius 2 is 1.90 bits per heavy atom. The molecule has 0 radical (unpaired) electrons. The van der Waals surface area contributed by atoms with Crippen LogP contribution in [0.25, 0.3) is 0 Å². The molecule has 0 aliphatic carbocycles. The molecule has 1 saturated heterocycles. The number of amides is 1. The summed E-state index contributed by atoms with van der Waals surface area (Å²) in [5, 5.41) is 8.92. The van der Waals surface area contributed by atoms with Crippen molar-refractivity contribution >= 4 is 6.09 Å². The molecule has 1 fully saturated rings. The smallest absolute Gasteiger partial charge is 0.407 e. The Morgan fingerprint density at radius 1 is 1.20 bits per heavy atom. The van der Waals surface area contributed by atoms with E-state index < -0.39 is 6.09 Å². The summed E-state index contributed by atoms with van der Waals surface area (Å²) in [6, 6.07) is 7.66. The fourth-order valence-electron chi connectivity index (χ4n) is 2.56. The van der Waals surface area contributed by atoms with Gasteiger partial charge in [0.1, 0.15) is 12.7 Å². The van der Waals surface area contributed by atoms with Gasteiger partial charge in [0.15, 0.2) is 11.5 Å². The molecule has 6 nitrogen and oxygen atoms in total. The van der Waals surface area contributed by atoms with E-state index >= 15 is 0 Å². The Kier molecular flexibility index (Phi) is 3.64. The van der Waals surface area contributed by atoms with Crippen LogP contribution in [0.5, 0.6) is 11.5 Å². The Labute approximate surface area is 117 Å². The van der Waals surface area contributed by atoms with Crippen molar-refractivity contribution < 1.29 is 19.4 Å². The molecule has 0 aromatic heterocycles. The SMILES string of the molecule is O=C(O)N1CCN(C[C@H]2COc3ccccc3O2)CC1. The van der Waals surface area contributed by atoms with Gasteiger partial charge >= 0.3 is 6.09 Å². The Balaban J connectivity index is 1.52. The van der Waals surface area contributed by atoms with Crippen LogP contribution in [0.3, 0.4) is 0 Å². The number of hydrogen-bond acceptors (Lipinski definition) is 4. The van der Waals surface area contributed by atoms with Gasteiger partial charge in [-0.25, -0.2) is 4.79 Å². The lowest BCUT2D eigenvalue weighted by Crippen LogP contribution is -2.51. The van der Waals surface area contributed by atoms with Crippen molar-refractivity contribution in [1.29, 1.82) is 0 Å². The average molecular weight is 278 g/mol. The van der Waals surface area contributed by atoms with Crippen molar-refractivity contribution in [2.24, 2.45) is 0 Å². The minimum Gasteiger partial charge on any atom is -0.486 e. The molecule has 0 saturated carbocycles. The van der Waals surface area contributed by atoms with Crippen LogP contribution >= 0.6 is 0 Å². The maximum atomic E-state index is 10.9. The van der Waals surface area contributed by atoms with Gasteiger partial charge in [-0.05, 0) is 12.1 Å². The molecule has 0 unspecified atom stereocenters. The van der Waals surface area contributed by atoms with Crippen LogP contribution in [0.1, 0.15) is 0 Å². The van der Waals surface area contributed by atoms with E-state index in [2.05, 4.69) is 4.90 Å². The molecule has 108 valence electrons. The third kappa shape index (κ3) is 2.80. The molecular formula is C14H18N2O4. The Bertz CT molecular complexity index is 486. The number of piperazine rings is 1. The van der Waals surface area contributed by atoms with Crippen molar-refractivity contribution in [3.8, 4) is 11.5 Å². The molecule has 6 heteroatoms. The van der Waals surface area contributed by atoms with Crippen LogP contribution < -0.4 is 9.47 Å². The standard InChI is InChI=1S/C14H18N2O4/c17-14(18)16-7-5-15(6-8-16)9-11-10-19-12-3-1-2-4-13(12)20-11/h1-4,11H,5-10H2,(H,17,18)/t11-/m0/s1. The Morgan fingerprint density at radius 3 is 2.60 bits per heavy atom. The zero-order chi connectivity index (χ0) is 13.9. The molecule has 1 amide bonds. The van der Waals surface area contributed by atoms with Crippen LogP contribution in [-0.4, -0.2) is 66.4 Å². The normalized spacial score (nSPS) is 22.6. The topological polar surface area (TPSA) is 62.2 Å². The molecule has 20 heavy (non-hydrogen) atoms. The maximum absolute atomic E-state index is 10.9. The number of hydrogen-bond donors (Lipinski definition) is 1. The Hall–Kier alpha value is -1.95. The van der Waals surface area contributed by atoms with E-state index in [0.717, 1.165) is 31.1 Å². The van der Waals surface area contributed by atoms with E-state index in [9.17, 15) is 4.79 Å².